The van der Waals surface area contributed by atoms with E-state index < -0.39 is 11.7 Å². The fourth-order valence-corrected chi connectivity index (χ4v) is 3.07. The second-order valence-corrected chi connectivity index (χ2v) is 6.64. The normalized spacial score (nSPS) is 16.8. The fourth-order valence-electron chi connectivity index (χ4n) is 2.74. The van der Waals surface area contributed by atoms with Gasteiger partial charge in [-0.1, -0.05) is 22.0 Å². The molecule has 0 unspecified atom stereocenters. The molecule has 1 saturated heterocycles. The smallest absolute Gasteiger partial charge is 0.229 e. The fraction of sp³-hybridized carbons (Fsp3) is 0.222. The van der Waals surface area contributed by atoms with Crippen LogP contribution in [0.15, 0.2) is 46.9 Å². The lowest BCUT2D eigenvalue weighted by molar-refractivity contribution is -0.122. The summed E-state index contributed by atoms with van der Waals surface area (Å²) in [5.74, 6) is -0.960. The minimum atomic E-state index is -0.540. The van der Waals surface area contributed by atoms with E-state index in [2.05, 4.69) is 21.2 Å². The monoisotopic (exact) mass is 406 g/mol. The number of ether oxygens (including phenoxy) is 1. The summed E-state index contributed by atoms with van der Waals surface area (Å²) in [5, 5.41) is 2.56. The van der Waals surface area contributed by atoms with Crippen molar-refractivity contribution < 1.29 is 18.7 Å². The Morgan fingerprint density at radius 3 is 2.84 bits per heavy atom. The molecule has 1 atom stereocenters. The Balaban J connectivity index is 1.72. The molecule has 1 aliphatic heterocycles. The maximum atomic E-state index is 13.9. The lowest BCUT2D eigenvalue weighted by atomic mass is 10.1. The molecule has 2 aromatic carbocycles. The summed E-state index contributed by atoms with van der Waals surface area (Å²) in [7, 11) is 1.55. The van der Waals surface area contributed by atoms with Gasteiger partial charge in [0.15, 0.2) is 0 Å². The number of rotatable bonds is 4. The van der Waals surface area contributed by atoms with Gasteiger partial charge in [-0.2, -0.15) is 0 Å². The van der Waals surface area contributed by atoms with Gasteiger partial charge in [-0.05, 0) is 30.3 Å². The topological polar surface area (TPSA) is 58.6 Å². The van der Waals surface area contributed by atoms with Gasteiger partial charge in [-0.3, -0.25) is 9.59 Å². The number of amides is 2. The lowest BCUT2D eigenvalue weighted by Crippen LogP contribution is -2.28. The largest absolute Gasteiger partial charge is 0.497 e. The molecular formula is C18H16BrFN2O3. The number of carbonyl (C=O) groups excluding carboxylic acids is 2. The van der Waals surface area contributed by atoms with Gasteiger partial charge < -0.3 is 15.0 Å². The van der Waals surface area contributed by atoms with Crippen LogP contribution in [0.3, 0.4) is 0 Å². The van der Waals surface area contributed by atoms with Crippen molar-refractivity contribution in [3.8, 4) is 5.75 Å². The molecule has 7 heteroatoms. The minimum absolute atomic E-state index is 0.0845. The van der Waals surface area contributed by atoms with Gasteiger partial charge in [0.25, 0.3) is 0 Å². The highest BCUT2D eigenvalue weighted by molar-refractivity contribution is 9.10. The molecule has 0 spiro atoms. The maximum absolute atomic E-state index is 13.9. The van der Waals surface area contributed by atoms with E-state index in [4.69, 9.17) is 4.74 Å². The first-order valence-electron chi connectivity index (χ1n) is 7.68. The molecule has 0 aliphatic carbocycles. The first-order chi connectivity index (χ1) is 12.0. The zero-order valence-electron chi connectivity index (χ0n) is 13.5. The lowest BCUT2D eigenvalue weighted by Gasteiger charge is -2.17. The van der Waals surface area contributed by atoms with E-state index in [1.807, 2.05) is 0 Å². The quantitative estimate of drug-likeness (QED) is 0.843. The summed E-state index contributed by atoms with van der Waals surface area (Å²) in [4.78, 5) is 26.2. The molecule has 130 valence electrons. The minimum Gasteiger partial charge on any atom is -0.497 e. The number of methoxy groups -OCH3 is 1. The van der Waals surface area contributed by atoms with Crippen LogP contribution in [0.25, 0.3) is 0 Å². The van der Waals surface area contributed by atoms with Crippen molar-refractivity contribution in [3.63, 3.8) is 0 Å². The van der Waals surface area contributed by atoms with Crippen molar-refractivity contribution in [3.05, 3.63) is 52.8 Å². The van der Waals surface area contributed by atoms with Crippen LogP contribution in [0.5, 0.6) is 5.75 Å². The number of nitrogens with one attached hydrogen (secondary N) is 1. The van der Waals surface area contributed by atoms with E-state index >= 15 is 0 Å². The van der Waals surface area contributed by atoms with Crippen LogP contribution in [0.1, 0.15) is 6.42 Å². The van der Waals surface area contributed by atoms with Crippen molar-refractivity contribution in [2.45, 2.75) is 6.42 Å². The summed E-state index contributed by atoms with van der Waals surface area (Å²) >= 11 is 3.17. The molecule has 25 heavy (non-hydrogen) atoms. The molecule has 5 nitrogen and oxygen atoms in total. The van der Waals surface area contributed by atoms with Crippen molar-refractivity contribution >= 4 is 39.1 Å². The number of anilines is 2. The van der Waals surface area contributed by atoms with Crippen LogP contribution in [-0.4, -0.2) is 25.5 Å². The van der Waals surface area contributed by atoms with Crippen LogP contribution in [0.4, 0.5) is 15.8 Å². The van der Waals surface area contributed by atoms with Gasteiger partial charge in [0.2, 0.25) is 11.8 Å². The Labute approximate surface area is 152 Å². The van der Waals surface area contributed by atoms with Crippen LogP contribution < -0.4 is 15.0 Å². The van der Waals surface area contributed by atoms with E-state index in [1.165, 1.54) is 12.1 Å². The van der Waals surface area contributed by atoms with E-state index in [0.29, 0.717) is 15.9 Å². The van der Waals surface area contributed by atoms with Crippen molar-refractivity contribution in [2.24, 2.45) is 5.92 Å². The van der Waals surface area contributed by atoms with E-state index in [9.17, 15) is 14.0 Å². The highest BCUT2D eigenvalue weighted by Crippen LogP contribution is 2.29. The molecule has 0 radical (unpaired) electrons. The highest BCUT2D eigenvalue weighted by atomic mass is 79.9. The van der Waals surface area contributed by atoms with Gasteiger partial charge in [-0.15, -0.1) is 0 Å². The summed E-state index contributed by atoms with van der Waals surface area (Å²) in [6.07, 6.45) is 0.0845. The third kappa shape index (κ3) is 3.82. The molecule has 1 aliphatic rings. The molecule has 1 fully saturated rings. The van der Waals surface area contributed by atoms with Gasteiger partial charge in [0.05, 0.1) is 18.7 Å². The molecular weight excluding hydrogens is 391 g/mol. The predicted octanol–water partition coefficient (Wildman–Crippen LogP) is 3.59. The molecule has 2 amide bonds. The summed E-state index contributed by atoms with van der Waals surface area (Å²) in [6, 6.07) is 11.5. The number of benzene rings is 2. The zero-order chi connectivity index (χ0) is 18.0. The van der Waals surface area contributed by atoms with E-state index in [1.54, 1.807) is 42.3 Å². The Morgan fingerprint density at radius 2 is 2.12 bits per heavy atom. The predicted molar refractivity (Wildman–Crippen MR) is 96.2 cm³/mol. The average Bonchev–Trinajstić information content (AvgIpc) is 2.99. The molecule has 3 rings (SSSR count). The molecule has 0 aromatic heterocycles. The van der Waals surface area contributed by atoms with Crippen molar-refractivity contribution in [2.75, 3.05) is 23.9 Å². The summed E-state index contributed by atoms with van der Waals surface area (Å²) in [5.41, 5.74) is 0.773. The standard InChI is InChI=1S/C18H16BrFN2O3/c1-25-14-4-2-3-13(9-14)22-10-11(7-17(22)23)18(24)21-16-6-5-12(19)8-15(16)20/h2-6,8-9,11H,7,10H2,1H3,(H,21,24)/t11-/m0/s1. The Hall–Kier alpha value is -2.41. The highest BCUT2D eigenvalue weighted by Gasteiger charge is 2.35. The summed E-state index contributed by atoms with van der Waals surface area (Å²) in [6.45, 7) is 0.246. The average molecular weight is 407 g/mol. The Morgan fingerprint density at radius 1 is 1.32 bits per heavy atom. The van der Waals surface area contributed by atoms with Crippen molar-refractivity contribution in [1.82, 2.24) is 0 Å². The SMILES string of the molecule is COc1cccc(N2C[C@@H](C(=O)Nc3ccc(Br)cc3F)CC2=O)c1. The third-order valence-electron chi connectivity index (χ3n) is 4.05. The number of carbonyl (C=O) groups is 2. The van der Waals surface area contributed by atoms with Crippen molar-refractivity contribution in [1.29, 1.82) is 0 Å². The van der Waals surface area contributed by atoms with Gasteiger partial charge in [0, 0.05) is 29.2 Å². The van der Waals surface area contributed by atoms with E-state index in [0.717, 1.165) is 0 Å². The van der Waals surface area contributed by atoms with Crippen LogP contribution >= 0.6 is 15.9 Å². The molecule has 2 aromatic rings. The third-order valence-corrected chi connectivity index (χ3v) is 4.54. The number of nitrogens with zero attached hydrogens (tertiary/aromatic N) is 1. The number of halogens is 2. The summed E-state index contributed by atoms with van der Waals surface area (Å²) < 4.78 is 19.6. The number of hydrogen-bond donors (Lipinski definition) is 1. The maximum Gasteiger partial charge on any atom is 0.229 e. The second kappa shape index (κ2) is 7.23. The first kappa shape index (κ1) is 17.4. The zero-order valence-corrected chi connectivity index (χ0v) is 15.0. The van der Waals surface area contributed by atoms with Crippen LogP contribution in [0, 0.1) is 11.7 Å². The molecule has 0 saturated carbocycles. The van der Waals surface area contributed by atoms with E-state index in [-0.39, 0.29) is 30.5 Å². The molecule has 1 N–H and O–H groups in total. The molecule has 1 heterocycles. The molecule has 0 bridgehead atoms. The van der Waals surface area contributed by atoms with Crippen LogP contribution in [0.2, 0.25) is 0 Å². The second-order valence-electron chi connectivity index (χ2n) is 5.72. The van der Waals surface area contributed by atoms with Gasteiger partial charge in [0.1, 0.15) is 11.6 Å². The Kier molecular flexibility index (Phi) is 5.03. The van der Waals surface area contributed by atoms with Crippen LogP contribution in [-0.2, 0) is 9.59 Å². The van der Waals surface area contributed by atoms with Gasteiger partial charge >= 0.3 is 0 Å². The van der Waals surface area contributed by atoms with Gasteiger partial charge in [-0.25, -0.2) is 4.39 Å². The first-order valence-corrected chi connectivity index (χ1v) is 8.47. The number of hydrogen-bond acceptors (Lipinski definition) is 3. The Bertz CT molecular complexity index is 828.